The minimum Gasteiger partial charge on any atom is -0.311 e. The first-order valence-corrected chi connectivity index (χ1v) is 7.65. The molecule has 1 aliphatic heterocycles. The van der Waals surface area contributed by atoms with Crippen molar-refractivity contribution in [3.05, 3.63) is 0 Å². The lowest BCUT2D eigenvalue weighted by Gasteiger charge is -2.31. The Morgan fingerprint density at radius 3 is 2.17 bits per heavy atom. The van der Waals surface area contributed by atoms with Crippen LogP contribution in [0.1, 0.15) is 48.0 Å². The number of nitrogens with one attached hydrogen (secondary N) is 1. The van der Waals surface area contributed by atoms with Crippen molar-refractivity contribution in [1.29, 1.82) is 0 Å². The van der Waals surface area contributed by atoms with Gasteiger partial charge < -0.3 is 5.32 Å². The molecule has 1 atom stereocenters. The highest BCUT2D eigenvalue weighted by molar-refractivity contribution is 4.83. The minimum absolute atomic E-state index is 0.641. The van der Waals surface area contributed by atoms with Crippen molar-refractivity contribution in [3.63, 3.8) is 0 Å². The molecule has 1 heterocycles. The molecule has 0 aromatic heterocycles. The second-order valence-electron chi connectivity index (χ2n) is 6.45. The van der Waals surface area contributed by atoms with Gasteiger partial charge in [-0.3, -0.25) is 9.80 Å². The van der Waals surface area contributed by atoms with Gasteiger partial charge in [-0.1, -0.05) is 0 Å². The number of hydrogen-bond acceptors (Lipinski definition) is 3. The Morgan fingerprint density at radius 1 is 1.11 bits per heavy atom. The first-order chi connectivity index (χ1) is 8.41. The first kappa shape index (κ1) is 15.9. The van der Waals surface area contributed by atoms with E-state index in [1.807, 2.05) is 0 Å². The predicted octanol–water partition coefficient (Wildman–Crippen LogP) is 2.18. The monoisotopic (exact) mass is 255 g/mol. The van der Waals surface area contributed by atoms with Crippen molar-refractivity contribution < 1.29 is 0 Å². The molecule has 1 saturated heterocycles. The molecule has 0 spiro atoms. The molecule has 0 saturated carbocycles. The SMILES string of the molecule is CC(C)N1CCC(NCCN(C(C)C)C(C)C)C1. The lowest BCUT2D eigenvalue weighted by molar-refractivity contribution is 0.173. The summed E-state index contributed by atoms with van der Waals surface area (Å²) in [4.78, 5) is 5.13. The Bertz CT molecular complexity index is 218. The average Bonchev–Trinajstić information content (AvgIpc) is 2.71. The zero-order valence-electron chi connectivity index (χ0n) is 13.2. The minimum atomic E-state index is 0.641. The van der Waals surface area contributed by atoms with Gasteiger partial charge in [0.2, 0.25) is 0 Å². The summed E-state index contributed by atoms with van der Waals surface area (Å²) in [5, 5.41) is 3.72. The molecule has 3 heteroatoms. The van der Waals surface area contributed by atoms with Gasteiger partial charge in [-0.2, -0.15) is 0 Å². The Hall–Kier alpha value is -0.120. The maximum atomic E-state index is 3.72. The molecular weight excluding hydrogens is 222 g/mol. The fourth-order valence-corrected chi connectivity index (χ4v) is 2.93. The van der Waals surface area contributed by atoms with Crippen LogP contribution in [0.4, 0.5) is 0 Å². The van der Waals surface area contributed by atoms with Crippen LogP contribution in [-0.2, 0) is 0 Å². The van der Waals surface area contributed by atoms with Gasteiger partial charge in [-0.15, -0.1) is 0 Å². The zero-order chi connectivity index (χ0) is 13.7. The molecule has 0 aromatic carbocycles. The van der Waals surface area contributed by atoms with E-state index in [1.54, 1.807) is 0 Å². The van der Waals surface area contributed by atoms with E-state index in [4.69, 9.17) is 0 Å². The maximum Gasteiger partial charge on any atom is 0.0207 e. The Kier molecular flexibility index (Phi) is 6.61. The molecular formula is C15H33N3. The molecule has 0 aliphatic carbocycles. The molecule has 1 aliphatic rings. The zero-order valence-corrected chi connectivity index (χ0v) is 13.2. The average molecular weight is 255 g/mol. The smallest absolute Gasteiger partial charge is 0.0207 e. The van der Waals surface area contributed by atoms with Crippen molar-refractivity contribution in [2.24, 2.45) is 0 Å². The summed E-state index contributed by atoms with van der Waals surface area (Å²) >= 11 is 0. The quantitative estimate of drug-likeness (QED) is 0.752. The van der Waals surface area contributed by atoms with Crippen LogP contribution in [0.15, 0.2) is 0 Å². The van der Waals surface area contributed by atoms with Gasteiger partial charge in [0.05, 0.1) is 0 Å². The van der Waals surface area contributed by atoms with Crippen LogP contribution in [0, 0.1) is 0 Å². The second-order valence-corrected chi connectivity index (χ2v) is 6.45. The lowest BCUT2D eigenvalue weighted by atomic mass is 10.2. The van der Waals surface area contributed by atoms with E-state index in [1.165, 1.54) is 19.5 Å². The third-order valence-electron chi connectivity index (χ3n) is 4.08. The summed E-state index contributed by atoms with van der Waals surface area (Å²) < 4.78 is 0. The normalized spacial score (nSPS) is 22.0. The predicted molar refractivity (Wildman–Crippen MR) is 80.1 cm³/mol. The molecule has 18 heavy (non-hydrogen) atoms. The Balaban J connectivity index is 2.22. The van der Waals surface area contributed by atoms with Crippen molar-refractivity contribution in [2.45, 2.75) is 72.1 Å². The van der Waals surface area contributed by atoms with E-state index in [0.717, 1.165) is 13.1 Å². The van der Waals surface area contributed by atoms with E-state index in [-0.39, 0.29) is 0 Å². The van der Waals surface area contributed by atoms with Gasteiger partial charge in [0.25, 0.3) is 0 Å². The number of likely N-dealkylation sites (tertiary alicyclic amines) is 1. The molecule has 1 rings (SSSR count). The molecule has 3 nitrogen and oxygen atoms in total. The fraction of sp³-hybridized carbons (Fsp3) is 1.00. The van der Waals surface area contributed by atoms with E-state index in [0.29, 0.717) is 24.2 Å². The van der Waals surface area contributed by atoms with Gasteiger partial charge in [-0.05, 0) is 54.5 Å². The van der Waals surface area contributed by atoms with Crippen molar-refractivity contribution in [3.8, 4) is 0 Å². The Labute approximate surface area is 114 Å². The molecule has 0 amide bonds. The second kappa shape index (κ2) is 7.46. The highest BCUT2D eigenvalue weighted by Gasteiger charge is 2.23. The summed E-state index contributed by atoms with van der Waals surface area (Å²) in [6.45, 7) is 18.5. The van der Waals surface area contributed by atoms with Gasteiger partial charge in [-0.25, -0.2) is 0 Å². The third kappa shape index (κ3) is 4.87. The van der Waals surface area contributed by atoms with E-state index < -0.39 is 0 Å². The summed E-state index contributed by atoms with van der Waals surface area (Å²) in [6.07, 6.45) is 1.31. The first-order valence-electron chi connectivity index (χ1n) is 7.65. The Morgan fingerprint density at radius 2 is 1.72 bits per heavy atom. The molecule has 0 aromatic rings. The summed E-state index contributed by atoms with van der Waals surface area (Å²) in [7, 11) is 0. The van der Waals surface area contributed by atoms with Crippen LogP contribution >= 0.6 is 0 Å². The maximum absolute atomic E-state index is 3.72. The summed E-state index contributed by atoms with van der Waals surface area (Å²) in [6, 6.07) is 2.68. The van der Waals surface area contributed by atoms with Crippen LogP contribution in [0.2, 0.25) is 0 Å². The van der Waals surface area contributed by atoms with Gasteiger partial charge in [0, 0.05) is 43.8 Å². The standard InChI is InChI=1S/C15H33N3/c1-12(2)17-9-7-15(11-17)16-8-10-18(13(3)4)14(5)6/h12-16H,7-11H2,1-6H3. The topological polar surface area (TPSA) is 18.5 Å². The molecule has 0 radical (unpaired) electrons. The molecule has 1 N–H and O–H groups in total. The van der Waals surface area contributed by atoms with Crippen molar-refractivity contribution in [1.82, 2.24) is 15.1 Å². The number of hydrogen-bond donors (Lipinski definition) is 1. The summed E-state index contributed by atoms with van der Waals surface area (Å²) in [5.41, 5.74) is 0. The molecule has 108 valence electrons. The van der Waals surface area contributed by atoms with Crippen LogP contribution in [0.5, 0.6) is 0 Å². The molecule has 1 unspecified atom stereocenters. The number of nitrogens with zero attached hydrogens (tertiary/aromatic N) is 2. The van der Waals surface area contributed by atoms with Crippen LogP contribution in [0.25, 0.3) is 0 Å². The van der Waals surface area contributed by atoms with Crippen LogP contribution in [-0.4, -0.2) is 60.1 Å². The third-order valence-corrected chi connectivity index (χ3v) is 4.08. The van der Waals surface area contributed by atoms with E-state index in [2.05, 4.69) is 56.7 Å². The fourth-order valence-electron chi connectivity index (χ4n) is 2.93. The van der Waals surface area contributed by atoms with Gasteiger partial charge in [0.15, 0.2) is 0 Å². The van der Waals surface area contributed by atoms with Gasteiger partial charge in [0.1, 0.15) is 0 Å². The van der Waals surface area contributed by atoms with E-state index in [9.17, 15) is 0 Å². The lowest BCUT2D eigenvalue weighted by Crippen LogP contribution is -2.44. The summed E-state index contributed by atoms with van der Waals surface area (Å²) in [5.74, 6) is 0. The molecule has 0 bridgehead atoms. The van der Waals surface area contributed by atoms with E-state index >= 15 is 0 Å². The van der Waals surface area contributed by atoms with Gasteiger partial charge >= 0.3 is 0 Å². The largest absolute Gasteiger partial charge is 0.311 e. The van der Waals surface area contributed by atoms with Crippen molar-refractivity contribution >= 4 is 0 Å². The number of rotatable bonds is 7. The van der Waals surface area contributed by atoms with Crippen molar-refractivity contribution in [2.75, 3.05) is 26.2 Å². The molecule has 1 fully saturated rings. The van der Waals surface area contributed by atoms with Crippen LogP contribution in [0.3, 0.4) is 0 Å². The highest BCUT2D eigenvalue weighted by Crippen LogP contribution is 2.12. The van der Waals surface area contributed by atoms with Crippen LogP contribution < -0.4 is 5.32 Å². The highest BCUT2D eigenvalue weighted by atomic mass is 15.2.